The maximum absolute atomic E-state index is 2.63. The van der Waals surface area contributed by atoms with Gasteiger partial charge in [0.2, 0.25) is 0 Å². The molecule has 0 aromatic heterocycles. The van der Waals surface area contributed by atoms with Gasteiger partial charge in [-0.1, -0.05) is 75.8 Å². The molecule has 0 spiro atoms. The zero-order valence-corrected chi connectivity index (χ0v) is 17.2. The average Bonchev–Trinajstić information content (AvgIpc) is 1.91. The molecule has 0 nitrogen and oxygen atoms in total. The molecule has 2 radical (unpaired) electrons. The van der Waals surface area contributed by atoms with Crippen LogP contribution in [0, 0.1) is 0 Å². The van der Waals surface area contributed by atoms with Crippen molar-refractivity contribution in [2.45, 2.75) is 75.8 Å². The van der Waals surface area contributed by atoms with E-state index >= 15 is 0 Å². The summed E-state index contributed by atoms with van der Waals surface area (Å²) < 4.78 is 0.807. The molecular weight excluding hydrogens is 256 g/mol. The molecule has 0 unspecified atom stereocenters. The Bertz CT molecular complexity index is 191. The highest BCUT2D eigenvalue weighted by molar-refractivity contribution is 7.23. The zero-order valence-electron chi connectivity index (χ0n) is 13.2. The van der Waals surface area contributed by atoms with Gasteiger partial charge in [0, 0.05) is 33.7 Å². The van der Waals surface area contributed by atoms with E-state index in [9.17, 15) is 0 Å². The van der Waals surface area contributed by atoms with Gasteiger partial charge in [-0.15, -0.1) is 0 Å². The Labute approximate surface area is 109 Å². The number of hydrogen-bond donors (Lipinski definition) is 0. The first-order chi connectivity index (χ1) is 6.81. The van der Waals surface area contributed by atoms with E-state index in [-0.39, 0.29) is 0 Å². The maximum atomic E-state index is 2.63. The van der Waals surface area contributed by atoms with Crippen LogP contribution in [0.3, 0.4) is 0 Å². The minimum atomic E-state index is -1.09. The summed E-state index contributed by atoms with van der Waals surface area (Å²) in [5.74, 6) is 0. The third-order valence-corrected chi connectivity index (χ3v) is 33.3. The second kappa shape index (κ2) is 4.86. The Balaban J connectivity index is 5.82. The summed E-state index contributed by atoms with van der Waals surface area (Å²) in [5.41, 5.74) is 0. The molecule has 0 fully saturated rings. The molecule has 16 heavy (non-hydrogen) atoms. The highest BCUT2D eigenvalue weighted by Gasteiger charge is 2.58. The van der Waals surface area contributed by atoms with E-state index in [1.807, 2.05) is 0 Å². The van der Waals surface area contributed by atoms with E-state index in [2.05, 4.69) is 65.8 Å². The van der Waals surface area contributed by atoms with Gasteiger partial charge in [0.15, 0.2) is 0 Å². The van der Waals surface area contributed by atoms with Crippen LogP contribution >= 0.6 is 0 Å². The smallest absolute Gasteiger partial charge is 0.0421 e. The lowest BCUT2D eigenvalue weighted by Crippen LogP contribution is -2.68. The van der Waals surface area contributed by atoms with Crippen molar-refractivity contribution in [3.8, 4) is 0 Å². The number of rotatable bonds is 5. The van der Waals surface area contributed by atoms with E-state index in [4.69, 9.17) is 0 Å². The Morgan fingerprint density at radius 1 is 0.688 bits per heavy atom. The standard InChI is InChI=1S/C12H32Si4/c1-11-13-12(14(2,3)4,15(5,6)7)16(8,9)10/h11H2,1-10H3. The molecule has 0 aromatic rings. The average molecular weight is 289 g/mol. The van der Waals surface area contributed by atoms with Gasteiger partial charge in [0.1, 0.15) is 0 Å². The van der Waals surface area contributed by atoms with E-state index in [1.54, 1.807) is 0 Å². The molecule has 0 amide bonds. The van der Waals surface area contributed by atoms with Crippen molar-refractivity contribution in [1.82, 2.24) is 0 Å². The Hall–Kier alpha value is 0.868. The van der Waals surface area contributed by atoms with Crippen molar-refractivity contribution < 1.29 is 0 Å². The minimum absolute atomic E-state index is 0.807. The number of hydrogen-bond acceptors (Lipinski definition) is 0. The van der Waals surface area contributed by atoms with Gasteiger partial charge in [-0.3, -0.25) is 0 Å². The normalized spacial score (nSPS) is 15.4. The summed E-state index contributed by atoms with van der Waals surface area (Å²) in [6, 6.07) is 1.40. The first kappa shape index (κ1) is 16.9. The van der Waals surface area contributed by atoms with E-state index < -0.39 is 24.2 Å². The molecule has 0 heterocycles. The Morgan fingerprint density at radius 2 is 0.938 bits per heavy atom. The molecule has 96 valence electrons. The third-order valence-electron chi connectivity index (χ3n) is 3.82. The highest BCUT2D eigenvalue weighted by atomic mass is 28.5. The third kappa shape index (κ3) is 2.82. The summed E-state index contributed by atoms with van der Waals surface area (Å²) in [6.45, 7) is 26.1. The van der Waals surface area contributed by atoms with Crippen molar-refractivity contribution in [3.05, 3.63) is 0 Å². The van der Waals surface area contributed by atoms with Crippen LogP contribution in [0.4, 0.5) is 0 Å². The lowest BCUT2D eigenvalue weighted by atomic mass is 11.0. The highest BCUT2D eigenvalue weighted by Crippen LogP contribution is 2.53. The van der Waals surface area contributed by atoms with Gasteiger partial charge in [-0.05, 0) is 0 Å². The first-order valence-electron chi connectivity index (χ1n) is 6.56. The van der Waals surface area contributed by atoms with E-state index in [0.717, 1.165) is 3.91 Å². The summed E-state index contributed by atoms with van der Waals surface area (Å²) in [5, 5.41) is 0. The van der Waals surface area contributed by atoms with Crippen LogP contribution in [0.1, 0.15) is 6.92 Å². The van der Waals surface area contributed by atoms with Gasteiger partial charge < -0.3 is 0 Å². The monoisotopic (exact) mass is 288 g/mol. The van der Waals surface area contributed by atoms with Gasteiger partial charge in [0.25, 0.3) is 0 Å². The van der Waals surface area contributed by atoms with E-state index in [0.29, 0.717) is 0 Å². The van der Waals surface area contributed by atoms with Crippen molar-refractivity contribution in [1.29, 1.82) is 0 Å². The second-order valence-electron chi connectivity index (χ2n) is 8.03. The fourth-order valence-corrected chi connectivity index (χ4v) is 39.9. The molecule has 0 aromatic carbocycles. The molecular formula is C12H32Si4. The predicted molar refractivity (Wildman–Crippen MR) is 89.0 cm³/mol. The van der Waals surface area contributed by atoms with Crippen LogP contribution in [-0.4, -0.2) is 33.7 Å². The van der Waals surface area contributed by atoms with Gasteiger partial charge >= 0.3 is 0 Å². The quantitative estimate of drug-likeness (QED) is 0.630. The zero-order chi connectivity index (χ0) is 13.4. The first-order valence-corrected chi connectivity index (χ1v) is 18.3. The molecule has 0 N–H and O–H groups in total. The van der Waals surface area contributed by atoms with Crippen LogP contribution in [0.25, 0.3) is 0 Å². The summed E-state index contributed by atoms with van der Waals surface area (Å²) in [7, 11) is -2.06. The summed E-state index contributed by atoms with van der Waals surface area (Å²) in [6.07, 6.45) is 0. The molecule has 0 aliphatic carbocycles. The molecule has 0 atom stereocenters. The molecule has 0 aliphatic heterocycles. The van der Waals surface area contributed by atoms with Gasteiger partial charge in [-0.25, -0.2) is 0 Å². The van der Waals surface area contributed by atoms with Crippen LogP contribution in [-0.2, 0) is 0 Å². The predicted octanol–water partition coefficient (Wildman–Crippen LogP) is 4.92. The van der Waals surface area contributed by atoms with Crippen molar-refractivity contribution in [2.75, 3.05) is 0 Å². The van der Waals surface area contributed by atoms with Crippen LogP contribution in [0.2, 0.25) is 68.9 Å². The minimum Gasteiger partial charge on any atom is -0.0698 e. The second-order valence-corrected chi connectivity index (χ2v) is 28.6. The van der Waals surface area contributed by atoms with E-state index in [1.165, 1.54) is 15.6 Å². The topological polar surface area (TPSA) is 0 Å². The van der Waals surface area contributed by atoms with Crippen LogP contribution in [0.15, 0.2) is 0 Å². The molecule has 4 heteroatoms. The van der Waals surface area contributed by atoms with Gasteiger partial charge in [-0.2, -0.15) is 0 Å². The molecule has 0 bridgehead atoms. The Kier molecular flexibility index (Phi) is 5.12. The molecule has 0 saturated heterocycles. The largest absolute Gasteiger partial charge is 0.0698 e. The molecule has 0 rings (SSSR count). The van der Waals surface area contributed by atoms with Crippen LogP contribution < -0.4 is 0 Å². The summed E-state index contributed by atoms with van der Waals surface area (Å²) >= 11 is 0. The lowest BCUT2D eigenvalue weighted by Gasteiger charge is -2.59. The van der Waals surface area contributed by atoms with Crippen LogP contribution in [0.5, 0.6) is 0 Å². The van der Waals surface area contributed by atoms with Crippen molar-refractivity contribution >= 4 is 33.7 Å². The molecule has 0 aliphatic rings. The fraction of sp³-hybridized carbons (Fsp3) is 1.00. The summed E-state index contributed by atoms with van der Waals surface area (Å²) in [4.78, 5) is 0. The Morgan fingerprint density at radius 3 is 1.00 bits per heavy atom. The fourth-order valence-electron chi connectivity index (χ4n) is 4.44. The van der Waals surface area contributed by atoms with Crippen molar-refractivity contribution in [3.63, 3.8) is 0 Å². The lowest BCUT2D eigenvalue weighted by molar-refractivity contribution is 1.20. The SMILES string of the molecule is CC[Si]C([Si](C)(C)C)([Si](C)(C)C)[Si](C)(C)C. The molecule has 0 saturated carbocycles. The maximum Gasteiger partial charge on any atom is 0.0421 e. The van der Waals surface area contributed by atoms with Gasteiger partial charge in [0.05, 0.1) is 0 Å². The van der Waals surface area contributed by atoms with Crippen molar-refractivity contribution in [2.24, 2.45) is 0 Å².